The van der Waals surface area contributed by atoms with E-state index in [1.165, 1.54) is 11.1 Å². The number of hydrogen-bond donors (Lipinski definition) is 2. The lowest BCUT2D eigenvalue weighted by molar-refractivity contribution is -0.110. The van der Waals surface area contributed by atoms with E-state index in [0.717, 1.165) is 31.2 Å². The molecule has 2 aromatic rings. The first kappa shape index (κ1) is 13.3. The van der Waals surface area contributed by atoms with Gasteiger partial charge in [0, 0.05) is 11.6 Å². The molecule has 3 rings (SSSR count). The molecule has 1 heterocycles. The molecule has 0 radical (unpaired) electrons. The van der Waals surface area contributed by atoms with E-state index in [-0.39, 0.29) is 11.6 Å². The Kier molecular flexibility index (Phi) is 3.59. The van der Waals surface area contributed by atoms with Gasteiger partial charge in [-0.05, 0) is 52.8 Å². The molecule has 20 heavy (non-hydrogen) atoms. The van der Waals surface area contributed by atoms with Gasteiger partial charge in [-0.2, -0.15) is 11.3 Å². The molecule has 1 saturated carbocycles. The molecule has 0 bridgehead atoms. The number of hydrogen-bond acceptors (Lipinski definition) is 3. The fourth-order valence-electron chi connectivity index (χ4n) is 2.57. The molecule has 0 spiro atoms. The minimum atomic E-state index is -0.0484. The summed E-state index contributed by atoms with van der Waals surface area (Å²) in [5.74, 6) is 0. The number of nitrogens with two attached hydrogens (primary N) is 1. The molecular weight excluding hydrogens is 268 g/mol. The number of nitrogens with one attached hydrogen (secondary N) is 1. The summed E-state index contributed by atoms with van der Waals surface area (Å²) in [7, 11) is 0. The summed E-state index contributed by atoms with van der Waals surface area (Å²) < 4.78 is 0. The van der Waals surface area contributed by atoms with Gasteiger partial charge < -0.3 is 11.1 Å². The summed E-state index contributed by atoms with van der Waals surface area (Å²) in [5.41, 5.74) is 9.81. The maximum Gasteiger partial charge on any atom is 0.207 e. The largest absolute Gasteiger partial charge is 0.353 e. The third-order valence-electron chi connectivity index (χ3n) is 4.02. The molecule has 3 nitrogen and oxygen atoms in total. The summed E-state index contributed by atoms with van der Waals surface area (Å²) in [6.45, 7) is 0. The maximum absolute atomic E-state index is 10.6. The highest BCUT2D eigenvalue weighted by Gasteiger charge is 2.43. The maximum atomic E-state index is 10.6. The predicted molar refractivity (Wildman–Crippen MR) is 82.5 cm³/mol. The predicted octanol–water partition coefficient (Wildman–Crippen LogP) is 3.08. The first-order valence-electron chi connectivity index (χ1n) is 6.82. The SMILES string of the molecule is NC(CC1(NC=O)CC1)c1ccc(-c2ccsc2)cc1. The van der Waals surface area contributed by atoms with E-state index in [1.807, 2.05) is 0 Å². The monoisotopic (exact) mass is 286 g/mol. The molecule has 0 saturated heterocycles. The van der Waals surface area contributed by atoms with Crippen LogP contribution in [0.15, 0.2) is 41.1 Å². The molecule has 1 fully saturated rings. The van der Waals surface area contributed by atoms with E-state index in [4.69, 9.17) is 5.73 Å². The van der Waals surface area contributed by atoms with Crippen molar-refractivity contribution < 1.29 is 4.79 Å². The van der Waals surface area contributed by atoms with E-state index in [0.29, 0.717) is 0 Å². The van der Waals surface area contributed by atoms with E-state index in [2.05, 4.69) is 46.4 Å². The quantitative estimate of drug-likeness (QED) is 0.802. The van der Waals surface area contributed by atoms with Gasteiger partial charge in [-0.1, -0.05) is 24.3 Å². The Balaban J connectivity index is 1.69. The summed E-state index contributed by atoms with van der Waals surface area (Å²) in [6.07, 6.45) is 3.67. The molecule has 1 atom stereocenters. The molecule has 1 unspecified atom stereocenters. The van der Waals surface area contributed by atoms with Crippen molar-refractivity contribution in [1.82, 2.24) is 5.32 Å². The van der Waals surface area contributed by atoms with E-state index in [9.17, 15) is 4.79 Å². The molecule has 1 aromatic carbocycles. The number of thiophene rings is 1. The molecule has 1 aliphatic carbocycles. The normalized spacial score (nSPS) is 17.4. The molecule has 3 N–H and O–H groups in total. The van der Waals surface area contributed by atoms with Crippen LogP contribution in [0.5, 0.6) is 0 Å². The number of rotatable bonds is 6. The second-order valence-corrected chi connectivity index (χ2v) is 6.27. The molecular formula is C16H18N2OS. The smallest absolute Gasteiger partial charge is 0.207 e. The average Bonchev–Trinajstić information content (AvgIpc) is 3.01. The van der Waals surface area contributed by atoms with Gasteiger partial charge in [0.2, 0.25) is 6.41 Å². The van der Waals surface area contributed by atoms with Crippen molar-refractivity contribution in [2.75, 3.05) is 0 Å². The van der Waals surface area contributed by atoms with Crippen LogP contribution in [0.25, 0.3) is 11.1 Å². The summed E-state index contributed by atoms with van der Waals surface area (Å²) in [5, 5.41) is 7.13. The van der Waals surface area contributed by atoms with Gasteiger partial charge in [-0.15, -0.1) is 0 Å². The lowest BCUT2D eigenvalue weighted by Crippen LogP contribution is -2.33. The Bertz CT molecular complexity index is 573. The van der Waals surface area contributed by atoms with Crippen LogP contribution in [0.4, 0.5) is 0 Å². The van der Waals surface area contributed by atoms with E-state index in [1.54, 1.807) is 11.3 Å². The third-order valence-corrected chi connectivity index (χ3v) is 4.71. The topological polar surface area (TPSA) is 55.1 Å². The Labute approximate surface area is 122 Å². The lowest BCUT2D eigenvalue weighted by Gasteiger charge is -2.20. The molecule has 0 aliphatic heterocycles. The standard InChI is InChI=1S/C16H18N2OS/c17-15(9-16(6-7-16)18-11-19)13-3-1-12(2-4-13)14-5-8-20-10-14/h1-5,8,10-11,15H,6-7,9,17H2,(H,18,19). The van der Waals surface area contributed by atoms with Crippen LogP contribution in [-0.4, -0.2) is 11.9 Å². The average molecular weight is 286 g/mol. The number of benzene rings is 1. The second kappa shape index (κ2) is 5.38. The highest BCUT2D eigenvalue weighted by atomic mass is 32.1. The number of carbonyl (C=O) groups is 1. The van der Waals surface area contributed by atoms with Crippen molar-refractivity contribution in [3.05, 3.63) is 46.7 Å². The highest BCUT2D eigenvalue weighted by molar-refractivity contribution is 7.08. The lowest BCUT2D eigenvalue weighted by atomic mass is 9.97. The first-order valence-corrected chi connectivity index (χ1v) is 7.76. The second-order valence-electron chi connectivity index (χ2n) is 5.49. The van der Waals surface area contributed by atoms with Gasteiger partial charge in [0.25, 0.3) is 0 Å². The number of amides is 1. The zero-order valence-corrected chi connectivity index (χ0v) is 12.0. The van der Waals surface area contributed by atoms with Gasteiger partial charge >= 0.3 is 0 Å². The van der Waals surface area contributed by atoms with Gasteiger partial charge in [0.15, 0.2) is 0 Å². The van der Waals surface area contributed by atoms with Crippen LogP contribution in [0, 0.1) is 0 Å². The van der Waals surface area contributed by atoms with Crippen molar-refractivity contribution in [2.24, 2.45) is 5.73 Å². The fourth-order valence-corrected chi connectivity index (χ4v) is 3.24. The van der Waals surface area contributed by atoms with E-state index >= 15 is 0 Å². The minimum absolute atomic E-state index is 0.0264. The van der Waals surface area contributed by atoms with Crippen LogP contribution in [-0.2, 0) is 4.79 Å². The van der Waals surface area contributed by atoms with Gasteiger partial charge in [0.05, 0.1) is 0 Å². The van der Waals surface area contributed by atoms with Crippen LogP contribution in [0.2, 0.25) is 0 Å². The molecule has 1 amide bonds. The van der Waals surface area contributed by atoms with Crippen molar-refractivity contribution in [2.45, 2.75) is 30.8 Å². The van der Waals surface area contributed by atoms with Crippen molar-refractivity contribution >= 4 is 17.7 Å². The zero-order valence-electron chi connectivity index (χ0n) is 11.2. The van der Waals surface area contributed by atoms with Crippen LogP contribution in [0.3, 0.4) is 0 Å². The van der Waals surface area contributed by atoms with Gasteiger partial charge in [-0.25, -0.2) is 0 Å². The molecule has 104 valence electrons. The first-order chi connectivity index (χ1) is 9.72. The summed E-state index contributed by atoms with van der Waals surface area (Å²) in [4.78, 5) is 10.6. The summed E-state index contributed by atoms with van der Waals surface area (Å²) >= 11 is 1.70. The van der Waals surface area contributed by atoms with Crippen LogP contribution >= 0.6 is 11.3 Å². The van der Waals surface area contributed by atoms with E-state index < -0.39 is 0 Å². The Morgan fingerprint density at radius 1 is 1.25 bits per heavy atom. The zero-order chi connectivity index (χ0) is 14.0. The highest BCUT2D eigenvalue weighted by Crippen LogP contribution is 2.41. The Hall–Kier alpha value is -1.65. The molecule has 4 heteroatoms. The molecule has 1 aliphatic rings. The van der Waals surface area contributed by atoms with Crippen molar-refractivity contribution in [3.8, 4) is 11.1 Å². The summed E-state index contributed by atoms with van der Waals surface area (Å²) in [6, 6.07) is 10.5. The van der Waals surface area contributed by atoms with Gasteiger partial charge in [-0.3, -0.25) is 4.79 Å². The minimum Gasteiger partial charge on any atom is -0.353 e. The molecule has 1 aromatic heterocycles. The van der Waals surface area contributed by atoms with Crippen molar-refractivity contribution in [3.63, 3.8) is 0 Å². The Morgan fingerprint density at radius 2 is 2.00 bits per heavy atom. The van der Waals surface area contributed by atoms with Crippen LogP contribution in [0.1, 0.15) is 30.9 Å². The number of carbonyl (C=O) groups excluding carboxylic acids is 1. The van der Waals surface area contributed by atoms with Gasteiger partial charge in [0.1, 0.15) is 0 Å². The van der Waals surface area contributed by atoms with Crippen molar-refractivity contribution in [1.29, 1.82) is 0 Å². The third kappa shape index (κ3) is 2.76. The fraction of sp³-hybridized carbons (Fsp3) is 0.312. The Morgan fingerprint density at radius 3 is 2.55 bits per heavy atom. The van der Waals surface area contributed by atoms with Crippen LogP contribution < -0.4 is 11.1 Å².